The molecule has 1 aliphatic rings. The summed E-state index contributed by atoms with van der Waals surface area (Å²) >= 11 is 0. The van der Waals surface area contributed by atoms with Crippen molar-refractivity contribution in [3.63, 3.8) is 0 Å². The smallest absolute Gasteiger partial charge is 0.147 e. The zero-order valence-electron chi connectivity index (χ0n) is 25.4. The molecule has 38 heavy (non-hydrogen) atoms. The number of benzene rings is 1. The maximum Gasteiger partial charge on any atom is 0.243 e. The largest absolute Gasteiger partial charge is 0.243 e. The number of hydrogen-bond acceptors (Lipinski definition) is 2. The van der Waals surface area contributed by atoms with Gasteiger partial charge in [0.05, 0.1) is 0 Å². The predicted octanol–water partition coefficient (Wildman–Crippen LogP) is 12.2. The van der Waals surface area contributed by atoms with Crippen LogP contribution >= 0.6 is 0 Å². The Morgan fingerprint density at radius 3 is 1.18 bits per heavy atom. The van der Waals surface area contributed by atoms with Gasteiger partial charge in [0.25, 0.3) is 0 Å². The first kappa shape index (κ1) is 32.6. The lowest BCUT2D eigenvalue weighted by Crippen LogP contribution is -2.01. The van der Waals surface area contributed by atoms with Crippen molar-refractivity contribution in [3.05, 3.63) is 41.6 Å². The first-order valence-electron chi connectivity index (χ1n) is 16.9. The molecule has 0 bridgehead atoms. The Hall–Kier alpha value is -1.57. The van der Waals surface area contributed by atoms with Gasteiger partial charge in [-0.05, 0) is 36.5 Å². The SMILES string of the molecule is CCCCCCCCCCCCCCCCCCC(CCCCCCCC)c1ccc([C+]2N=CC=N2)cc1. The van der Waals surface area contributed by atoms with Crippen LogP contribution in [0.3, 0.4) is 0 Å². The monoisotopic (exact) mass is 521 g/mol. The zero-order chi connectivity index (χ0) is 26.9. The Balaban J connectivity index is 1.55. The summed E-state index contributed by atoms with van der Waals surface area (Å²) < 4.78 is 0. The van der Waals surface area contributed by atoms with Crippen LogP contribution in [0.5, 0.6) is 0 Å². The minimum Gasteiger partial charge on any atom is -0.147 e. The van der Waals surface area contributed by atoms with E-state index >= 15 is 0 Å². The van der Waals surface area contributed by atoms with Crippen LogP contribution in [0.15, 0.2) is 34.3 Å². The Morgan fingerprint density at radius 2 is 0.816 bits per heavy atom. The van der Waals surface area contributed by atoms with Crippen LogP contribution < -0.4 is 0 Å². The summed E-state index contributed by atoms with van der Waals surface area (Å²) in [5, 5.41) is 0. The van der Waals surface area contributed by atoms with Crippen molar-refractivity contribution in [2.24, 2.45) is 9.98 Å². The fourth-order valence-corrected chi connectivity index (χ4v) is 5.88. The molecule has 2 heteroatoms. The average molecular weight is 522 g/mol. The summed E-state index contributed by atoms with van der Waals surface area (Å²) in [6, 6.07) is 9.15. The van der Waals surface area contributed by atoms with Gasteiger partial charge in [-0.25, -0.2) is 0 Å². The summed E-state index contributed by atoms with van der Waals surface area (Å²) in [4.78, 5) is 8.72. The molecule has 1 atom stereocenters. The van der Waals surface area contributed by atoms with Gasteiger partial charge in [0, 0.05) is 12.1 Å². The van der Waals surface area contributed by atoms with Gasteiger partial charge in [-0.2, -0.15) is 0 Å². The van der Waals surface area contributed by atoms with Gasteiger partial charge in [-0.3, -0.25) is 0 Å². The van der Waals surface area contributed by atoms with Crippen LogP contribution in [0.4, 0.5) is 0 Å². The van der Waals surface area contributed by atoms with E-state index < -0.39 is 0 Å². The lowest BCUT2D eigenvalue weighted by atomic mass is 9.87. The molecule has 0 fully saturated rings. The van der Waals surface area contributed by atoms with Gasteiger partial charge in [-0.15, -0.1) is 9.98 Å². The second-order valence-electron chi connectivity index (χ2n) is 11.8. The molecule has 1 heterocycles. The van der Waals surface area contributed by atoms with E-state index in [1.54, 1.807) is 12.4 Å². The molecule has 0 radical (unpaired) electrons. The fourth-order valence-electron chi connectivity index (χ4n) is 5.88. The molecule has 0 aliphatic carbocycles. The van der Waals surface area contributed by atoms with Crippen LogP contribution in [0, 0.1) is 6.17 Å². The maximum absolute atomic E-state index is 4.36. The highest BCUT2D eigenvalue weighted by molar-refractivity contribution is 6.18. The molecular weight excluding hydrogens is 460 g/mol. The van der Waals surface area contributed by atoms with Crippen molar-refractivity contribution in [1.29, 1.82) is 0 Å². The molecule has 0 saturated heterocycles. The molecule has 2 nitrogen and oxygen atoms in total. The van der Waals surface area contributed by atoms with Crippen LogP contribution in [-0.4, -0.2) is 12.4 Å². The lowest BCUT2D eigenvalue weighted by molar-refractivity contribution is 0.482. The Kier molecular flexibility index (Phi) is 20.0. The molecule has 1 aromatic carbocycles. The number of rotatable bonds is 26. The molecular formula is C36H61N2+. The van der Waals surface area contributed by atoms with E-state index in [4.69, 9.17) is 0 Å². The van der Waals surface area contributed by atoms with E-state index in [0.717, 1.165) is 11.7 Å². The summed E-state index contributed by atoms with van der Waals surface area (Å²) in [6.45, 7) is 4.61. The number of nitrogens with zero attached hydrogens (tertiary/aromatic N) is 2. The van der Waals surface area contributed by atoms with E-state index in [-0.39, 0.29) is 0 Å². The second-order valence-corrected chi connectivity index (χ2v) is 11.8. The van der Waals surface area contributed by atoms with E-state index in [1.165, 1.54) is 160 Å². The average Bonchev–Trinajstić information content (AvgIpc) is 3.49. The molecule has 0 amide bonds. The number of aliphatic imine (C=N–C) groups is 2. The van der Waals surface area contributed by atoms with Crippen molar-refractivity contribution < 1.29 is 0 Å². The third kappa shape index (κ3) is 15.7. The summed E-state index contributed by atoms with van der Waals surface area (Å²) in [7, 11) is 0. The standard InChI is InChI=1S/C36H61N2/c1-3-5-7-9-11-12-13-14-15-16-17-18-19-20-22-24-26-33(25-23-21-10-8-6-4-2)34-27-29-35(30-28-34)36-37-31-32-38-36/h27-33H,3-26H2,1-2H3/q+1. The Morgan fingerprint density at radius 1 is 0.474 bits per heavy atom. The third-order valence-electron chi connectivity index (χ3n) is 8.41. The second kappa shape index (κ2) is 23.3. The zero-order valence-corrected chi connectivity index (χ0v) is 25.4. The third-order valence-corrected chi connectivity index (χ3v) is 8.41. The van der Waals surface area contributed by atoms with Gasteiger partial charge in [0.15, 0.2) is 0 Å². The van der Waals surface area contributed by atoms with Crippen molar-refractivity contribution in [2.45, 2.75) is 174 Å². The fraction of sp³-hybridized carbons (Fsp3) is 0.750. The lowest BCUT2D eigenvalue weighted by Gasteiger charge is -2.17. The number of hydrogen-bond donors (Lipinski definition) is 0. The van der Waals surface area contributed by atoms with Crippen LogP contribution in [0.2, 0.25) is 0 Å². The molecule has 0 N–H and O–H groups in total. The molecule has 2 rings (SSSR count). The van der Waals surface area contributed by atoms with Gasteiger partial charge in [0.2, 0.25) is 6.17 Å². The van der Waals surface area contributed by atoms with E-state index in [9.17, 15) is 0 Å². The highest BCUT2D eigenvalue weighted by atomic mass is 15.0. The van der Waals surface area contributed by atoms with Crippen LogP contribution in [-0.2, 0) is 0 Å². The van der Waals surface area contributed by atoms with Crippen molar-refractivity contribution in [2.75, 3.05) is 0 Å². The van der Waals surface area contributed by atoms with Gasteiger partial charge < -0.3 is 0 Å². The predicted molar refractivity (Wildman–Crippen MR) is 171 cm³/mol. The molecule has 0 spiro atoms. The number of unbranched alkanes of at least 4 members (excludes halogenated alkanes) is 20. The molecule has 0 aromatic heterocycles. The summed E-state index contributed by atoms with van der Waals surface area (Å²) in [6.07, 6.45) is 38.5. The van der Waals surface area contributed by atoms with E-state index in [0.29, 0.717) is 5.92 Å². The summed E-state index contributed by atoms with van der Waals surface area (Å²) in [5.41, 5.74) is 2.66. The molecule has 214 valence electrons. The van der Waals surface area contributed by atoms with Crippen LogP contribution in [0.1, 0.15) is 185 Å². The molecule has 0 saturated carbocycles. The molecule has 1 aliphatic heterocycles. The highest BCUT2D eigenvalue weighted by Crippen LogP contribution is 2.30. The first-order valence-corrected chi connectivity index (χ1v) is 16.9. The highest BCUT2D eigenvalue weighted by Gasteiger charge is 2.19. The Labute approximate surface area is 237 Å². The minimum atomic E-state index is 0.711. The first-order chi connectivity index (χ1) is 18.8. The molecule has 1 unspecified atom stereocenters. The molecule has 1 aromatic rings. The van der Waals surface area contributed by atoms with Crippen molar-refractivity contribution in [3.8, 4) is 0 Å². The van der Waals surface area contributed by atoms with Gasteiger partial charge >= 0.3 is 0 Å². The Bertz CT molecular complexity index is 693. The normalized spacial score (nSPS) is 13.6. The quantitative estimate of drug-likeness (QED) is 0.0855. The van der Waals surface area contributed by atoms with Crippen molar-refractivity contribution >= 4 is 12.4 Å². The van der Waals surface area contributed by atoms with Crippen molar-refractivity contribution in [1.82, 2.24) is 0 Å². The van der Waals surface area contributed by atoms with Gasteiger partial charge in [0.1, 0.15) is 18.0 Å². The topological polar surface area (TPSA) is 24.7 Å². The van der Waals surface area contributed by atoms with E-state index in [1.807, 2.05) is 0 Å². The van der Waals surface area contributed by atoms with Crippen LogP contribution in [0.25, 0.3) is 0 Å². The summed E-state index contributed by atoms with van der Waals surface area (Å²) in [5.74, 6) is 0.711. The minimum absolute atomic E-state index is 0.711. The van der Waals surface area contributed by atoms with E-state index in [2.05, 4.69) is 48.1 Å². The maximum atomic E-state index is 4.36. The van der Waals surface area contributed by atoms with Gasteiger partial charge in [-0.1, -0.05) is 155 Å².